The summed E-state index contributed by atoms with van der Waals surface area (Å²) in [6.45, 7) is 1.95. The molecule has 0 radical (unpaired) electrons. The Morgan fingerprint density at radius 1 is 1.19 bits per heavy atom. The third kappa shape index (κ3) is 2.71. The standard InChI is InChI=1S/C19H13ClN4OS/c1-10-3-13(20)17(25-2)5-14(10)24-19-11(7-21)8-22-15-6-18-16(4-12(15)19)23-9-26-18/h3-6,8-9H,1-2H3,(H,22,24). The summed E-state index contributed by atoms with van der Waals surface area (Å²) in [7, 11) is 1.57. The van der Waals surface area contributed by atoms with Crippen LogP contribution in [-0.4, -0.2) is 17.1 Å². The molecule has 0 saturated carbocycles. The molecule has 4 aromatic rings. The third-order valence-corrected chi connectivity index (χ3v) is 5.29. The number of ether oxygens (including phenoxy) is 1. The molecule has 5 nitrogen and oxygen atoms in total. The van der Waals surface area contributed by atoms with E-state index in [4.69, 9.17) is 16.3 Å². The minimum absolute atomic E-state index is 0.459. The first kappa shape index (κ1) is 16.6. The molecule has 0 saturated heterocycles. The van der Waals surface area contributed by atoms with E-state index in [-0.39, 0.29) is 0 Å². The molecule has 0 aliphatic heterocycles. The van der Waals surface area contributed by atoms with Gasteiger partial charge in [-0.1, -0.05) is 11.6 Å². The lowest BCUT2D eigenvalue weighted by atomic mass is 10.1. The quantitative estimate of drug-likeness (QED) is 0.513. The van der Waals surface area contributed by atoms with Crippen molar-refractivity contribution >= 4 is 55.4 Å². The number of thiazole rings is 1. The van der Waals surface area contributed by atoms with Gasteiger partial charge in [-0.25, -0.2) is 4.98 Å². The zero-order valence-corrected chi connectivity index (χ0v) is 15.6. The normalized spacial score (nSPS) is 10.8. The Bertz CT molecular complexity index is 1200. The Morgan fingerprint density at radius 2 is 2.04 bits per heavy atom. The molecule has 0 fully saturated rings. The van der Waals surface area contributed by atoms with Gasteiger partial charge in [-0.05, 0) is 30.7 Å². The van der Waals surface area contributed by atoms with Crippen LogP contribution in [0.25, 0.3) is 21.1 Å². The predicted molar refractivity (Wildman–Crippen MR) is 106 cm³/mol. The summed E-state index contributed by atoms with van der Waals surface area (Å²) < 4.78 is 6.37. The number of benzene rings is 2. The molecule has 0 aliphatic carbocycles. The second-order valence-corrected chi connectivity index (χ2v) is 7.07. The number of fused-ring (bicyclic) bond motifs is 2. The number of hydrogen-bond donors (Lipinski definition) is 1. The average molecular weight is 381 g/mol. The zero-order chi connectivity index (χ0) is 18.3. The van der Waals surface area contributed by atoms with Crippen LogP contribution in [0.5, 0.6) is 5.75 Å². The third-order valence-electron chi connectivity index (χ3n) is 4.20. The van der Waals surface area contributed by atoms with Crippen molar-refractivity contribution in [2.24, 2.45) is 0 Å². The lowest BCUT2D eigenvalue weighted by Gasteiger charge is -2.15. The summed E-state index contributed by atoms with van der Waals surface area (Å²) >= 11 is 7.75. The van der Waals surface area contributed by atoms with Crippen LogP contribution in [0.1, 0.15) is 11.1 Å². The van der Waals surface area contributed by atoms with Crippen LogP contribution in [0, 0.1) is 18.3 Å². The van der Waals surface area contributed by atoms with E-state index in [0.29, 0.717) is 22.0 Å². The molecule has 4 rings (SSSR count). The van der Waals surface area contributed by atoms with Crippen molar-refractivity contribution in [2.75, 3.05) is 12.4 Å². The second-order valence-electron chi connectivity index (χ2n) is 5.77. The Kier molecular flexibility index (Phi) is 4.11. The number of aryl methyl sites for hydroxylation is 1. The SMILES string of the molecule is COc1cc(Nc2c(C#N)cnc3cc4scnc4cc23)c(C)cc1Cl. The van der Waals surface area contributed by atoms with Crippen molar-refractivity contribution in [3.8, 4) is 11.8 Å². The maximum absolute atomic E-state index is 9.55. The highest BCUT2D eigenvalue weighted by atomic mass is 35.5. The van der Waals surface area contributed by atoms with E-state index in [1.54, 1.807) is 30.2 Å². The predicted octanol–water partition coefficient (Wildman–Crippen LogP) is 5.43. The number of nitrogens with one attached hydrogen (secondary N) is 1. The van der Waals surface area contributed by atoms with Gasteiger partial charge in [-0.3, -0.25) is 4.98 Å². The molecule has 0 aliphatic rings. The number of rotatable bonds is 3. The number of methoxy groups -OCH3 is 1. The molecule has 26 heavy (non-hydrogen) atoms. The number of aromatic nitrogens is 2. The highest BCUT2D eigenvalue weighted by molar-refractivity contribution is 7.16. The van der Waals surface area contributed by atoms with Crippen molar-refractivity contribution in [3.05, 3.63) is 52.1 Å². The number of nitriles is 1. The van der Waals surface area contributed by atoms with Gasteiger partial charge >= 0.3 is 0 Å². The van der Waals surface area contributed by atoms with E-state index in [0.717, 1.165) is 32.4 Å². The highest BCUT2D eigenvalue weighted by Crippen LogP contribution is 2.36. The summed E-state index contributed by atoms with van der Waals surface area (Å²) in [6, 6.07) is 9.81. The van der Waals surface area contributed by atoms with Crippen LogP contribution in [0.4, 0.5) is 11.4 Å². The summed E-state index contributed by atoms with van der Waals surface area (Å²) in [5, 5.41) is 14.3. The molecule has 2 aromatic carbocycles. The van der Waals surface area contributed by atoms with Crippen molar-refractivity contribution in [1.29, 1.82) is 5.26 Å². The molecule has 0 amide bonds. The Hall–Kier alpha value is -2.88. The van der Waals surface area contributed by atoms with Crippen LogP contribution in [0.3, 0.4) is 0 Å². The van der Waals surface area contributed by atoms with Crippen LogP contribution in [-0.2, 0) is 0 Å². The van der Waals surface area contributed by atoms with Gasteiger partial charge < -0.3 is 10.1 Å². The van der Waals surface area contributed by atoms with Gasteiger partial charge in [-0.2, -0.15) is 5.26 Å². The molecule has 0 unspecified atom stereocenters. The summed E-state index contributed by atoms with van der Waals surface area (Å²) in [6.07, 6.45) is 1.58. The fourth-order valence-electron chi connectivity index (χ4n) is 2.84. The van der Waals surface area contributed by atoms with Gasteiger partial charge in [-0.15, -0.1) is 11.3 Å². The monoisotopic (exact) mass is 380 g/mol. The van der Waals surface area contributed by atoms with Gasteiger partial charge in [0, 0.05) is 23.3 Å². The smallest absolute Gasteiger partial charge is 0.139 e. The fourth-order valence-corrected chi connectivity index (χ4v) is 3.83. The molecular formula is C19H13ClN4OS. The molecule has 2 heterocycles. The van der Waals surface area contributed by atoms with Crippen molar-refractivity contribution in [1.82, 2.24) is 9.97 Å². The van der Waals surface area contributed by atoms with E-state index in [2.05, 4.69) is 21.4 Å². The van der Waals surface area contributed by atoms with Crippen LogP contribution in [0.15, 0.2) is 36.0 Å². The minimum Gasteiger partial charge on any atom is -0.495 e. The largest absolute Gasteiger partial charge is 0.495 e. The van der Waals surface area contributed by atoms with Gasteiger partial charge in [0.1, 0.15) is 11.8 Å². The first-order valence-corrected chi connectivity index (χ1v) is 9.03. The molecule has 0 atom stereocenters. The topological polar surface area (TPSA) is 70.8 Å². The Labute approximate surface area is 158 Å². The van der Waals surface area contributed by atoms with Crippen molar-refractivity contribution in [2.45, 2.75) is 6.92 Å². The van der Waals surface area contributed by atoms with Gasteiger partial charge in [0.15, 0.2) is 0 Å². The lowest BCUT2D eigenvalue weighted by Crippen LogP contribution is -1.99. The molecule has 0 bridgehead atoms. The Balaban J connectivity index is 1.94. The molecule has 0 spiro atoms. The van der Waals surface area contributed by atoms with Crippen molar-refractivity contribution in [3.63, 3.8) is 0 Å². The number of halogens is 1. The molecule has 7 heteroatoms. The first-order valence-electron chi connectivity index (χ1n) is 7.78. The number of anilines is 2. The van der Waals surface area contributed by atoms with E-state index in [1.807, 2.05) is 31.2 Å². The van der Waals surface area contributed by atoms with E-state index < -0.39 is 0 Å². The first-order chi connectivity index (χ1) is 12.6. The van der Waals surface area contributed by atoms with E-state index in [1.165, 1.54) is 0 Å². The van der Waals surface area contributed by atoms with Crippen LogP contribution >= 0.6 is 22.9 Å². The summed E-state index contributed by atoms with van der Waals surface area (Å²) in [4.78, 5) is 8.80. The second kappa shape index (κ2) is 6.45. The number of pyridine rings is 1. The summed E-state index contributed by atoms with van der Waals surface area (Å²) in [5.41, 5.74) is 6.40. The van der Waals surface area contributed by atoms with Crippen LogP contribution < -0.4 is 10.1 Å². The summed E-state index contributed by atoms with van der Waals surface area (Å²) in [5.74, 6) is 0.568. The van der Waals surface area contributed by atoms with Gasteiger partial charge in [0.05, 0.1) is 44.6 Å². The lowest BCUT2D eigenvalue weighted by molar-refractivity contribution is 0.415. The molecule has 128 valence electrons. The molecule has 1 N–H and O–H groups in total. The molecule has 2 aromatic heterocycles. The fraction of sp³-hybridized carbons (Fsp3) is 0.105. The van der Waals surface area contributed by atoms with Crippen molar-refractivity contribution < 1.29 is 4.74 Å². The maximum Gasteiger partial charge on any atom is 0.139 e. The average Bonchev–Trinajstić information content (AvgIpc) is 3.09. The van der Waals surface area contributed by atoms with Crippen LogP contribution in [0.2, 0.25) is 5.02 Å². The minimum atomic E-state index is 0.459. The number of hydrogen-bond acceptors (Lipinski definition) is 6. The molecular weight excluding hydrogens is 368 g/mol. The van der Waals surface area contributed by atoms with Gasteiger partial charge in [0.2, 0.25) is 0 Å². The van der Waals surface area contributed by atoms with Gasteiger partial charge in [0.25, 0.3) is 0 Å². The number of nitrogens with zero attached hydrogens (tertiary/aromatic N) is 3. The van der Waals surface area contributed by atoms with E-state index in [9.17, 15) is 5.26 Å². The maximum atomic E-state index is 9.55. The highest BCUT2D eigenvalue weighted by Gasteiger charge is 2.14. The zero-order valence-electron chi connectivity index (χ0n) is 14.0. The Morgan fingerprint density at radius 3 is 2.81 bits per heavy atom. The van der Waals surface area contributed by atoms with E-state index >= 15 is 0 Å².